The van der Waals surface area contributed by atoms with E-state index < -0.39 is 6.10 Å². The zero-order valence-electron chi connectivity index (χ0n) is 11.6. The average Bonchev–Trinajstić information content (AvgIpc) is 2.82. The van der Waals surface area contributed by atoms with Gasteiger partial charge < -0.3 is 24.6 Å². The summed E-state index contributed by atoms with van der Waals surface area (Å²) in [6.07, 6.45) is 2.11. The first-order valence-electron chi connectivity index (χ1n) is 6.85. The van der Waals surface area contributed by atoms with Gasteiger partial charge in [-0.25, -0.2) is 0 Å². The number of rotatable bonds is 10. The van der Waals surface area contributed by atoms with Crippen LogP contribution in [-0.4, -0.2) is 63.9 Å². The summed E-state index contributed by atoms with van der Waals surface area (Å²) in [6.45, 7) is 5.96. The Hall–Kier alpha value is -0.200. The molecule has 1 heterocycles. The van der Waals surface area contributed by atoms with Crippen LogP contribution >= 0.6 is 0 Å². The second-order valence-electron chi connectivity index (χ2n) is 4.75. The van der Waals surface area contributed by atoms with Crippen molar-refractivity contribution in [2.24, 2.45) is 5.92 Å². The lowest BCUT2D eigenvalue weighted by Gasteiger charge is -2.18. The summed E-state index contributed by atoms with van der Waals surface area (Å²) >= 11 is 0. The van der Waals surface area contributed by atoms with Crippen molar-refractivity contribution in [2.45, 2.75) is 32.0 Å². The average molecular weight is 261 g/mol. The largest absolute Gasteiger partial charge is 0.389 e. The van der Waals surface area contributed by atoms with Crippen LogP contribution in [0.1, 0.15) is 19.8 Å². The molecule has 0 aromatic rings. The summed E-state index contributed by atoms with van der Waals surface area (Å²) in [4.78, 5) is 0. The van der Waals surface area contributed by atoms with Crippen LogP contribution in [0.5, 0.6) is 0 Å². The highest BCUT2D eigenvalue weighted by Gasteiger charge is 2.26. The molecule has 3 unspecified atom stereocenters. The summed E-state index contributed by atoms with van der Waals surface area (Å²) in [6, 6.07) is 0. The molecule has 0 bridgehead atoms. The SMILES string of the molecule is CCC1OCCC1CNCC(O)COCCOC. The van der Waals surface area contributed by atoms with Crippen LogP contribution in [0.2, 0.25) is 0 Å². The zero-order valence-corrected chi connectivity index (χ0v) is 11.6. The molecule has 18 heavy (non-hydrogen) atoms. The number of aliphatic hydroxyl groups excluding tert-OH is 1. The number of aliphatic hydroxyl groups is 1. The molecule has 1 rings (SSSR count). The third kappa shape index (κ3) is 6.11. The van der Waals surface area contributed by atoms with Crippen LogP contribution in [-0.2, 0) is 14.2 Å². The van der Waals surface area contributed by atoms with Gasteiger partial charge in [0, 0.05) is 26.8 Å². The third-order valence-electron chi connectivity index (χ3n) is 3.28. The van der Waals surface area contributed by atoms with E-state index in [0.717, 1.165) is 26.0 Å². The van der Waals surface area contributed by atoms with Gasteiger partial charge in [-0.2, -0.15) is 0 Å². The predicted molar refractivity (Wildman–Crippen MR) is 69.7 cm³/mol. The van der Waals surface area contributed by atoms with Crippen molar-refractivity contribution in [1.29, 1.82) is 0 Å². The summed E-state index contributed by atoms with van der Waals surface area (Å²) < 4.78 is 15.7. The molecule has 5 heteroatoms. The second-order valence-corrected chi connectivity index (χ2v) is 4.75. The highest BCUT2D eigenvalue weighted by molar-refractivity contribution is 4.77. The molecular formula is C13H27NO4. The van der Waals surface area contributed by atoms with Crippen molar-refractivity contribution in [3.63, 3.8) is 0 Å². The van der Waals surface area contributed by atoms with Gasteiger partial charge >= 0.3 is 0 Å². The van der Waals surface area contributed by atoms with Gasteiger partial charge in [-0.3, -0.25) is 0 Å². The van der Waals surface area contributed by atoms with E-state index in [1.165, 1.54) is 0 Å². The standard InChI is InChI=1S/C13H27NO4/c1-3-13-11(4-5-18-13)8-14-9-12(15)10-17-7-6-16-2/h11-15H,3-10H2,1-2H3. The van der Waals surface area contributed by atoms with E-state index in [4.69, 9.17) is 14.2 Å². The second kappa shape index (κ2) is 9.69. The van der Waals surface area contributed by atoms with Crippen molar-refractivity contribution in [2.75, 3.05) is 46.6 Å². The quantitative estimate of drug-likeness (QED) is 0.558. The van der Waals surface area contributed by atoms with E-state index in [9.17, 15) is 5.11 Å². The molecular weight excluding hydrogens is 234 g/mol. The molecule has 1 aliphatic heterocycles. The van der Waals surface area contributed by atoms with Gasteiger partial charge in [-0.05, 0) is 18.8 Å². The normalized spacial score (nSPS) is 25.5. The first kappa shape index (κ1) is 15.9. The number of hydrogen-bond donors (Lipinski definition) is 2. The van der Waals surface area contributed by atoms with Crippen LogP contribution in [0, 0.1) is 5.92 Å². The fourth-order valence-corrected chi connectivity index (χ4v) is 2.23. The van der Waals surface area contributed by atoms with Gasteiger partial charge in [0.2, 0.25) is 0 Å². The minimum Gasteiger partial charge on any atom is -0.389 e. The summed E-state index contributed by atoms with van der Waals surface area (Å²) in [5, 5.41) is 13.0. The van der Waals surface area contributed by atoms with Gasteiger partial charge in [0.05, 0.1) is 32.0 Å². The number of ether oxygens (including phenoxy) is 3. The molecule has 1 saturated heterocycles. The molecule has 1 aliphatic rings. The molecule has 108 valence electrons. The lowest BCUT2D eigenvalue weighted by atomic mass is 10.00. The minimum absolute atomic E-state index is 0.356. The van der Waals surface area contributed by atoms with E-state index in [-0.39, 0.29) is 0 Å². The fraction of sp³-hybridized carbons (Fsp3) is 1.00. The van der Waals surface area contributed by atoms with Crippen LogP contribution in [0.3, 0.4) is 0 Å². The lowest BCUT2D eigenvalue weighted by molar-refractivity contribution is 0.0131. The first-order valence-corrected chi connectivity index (χ1v) is 6.85. The predicted octanol–water partition coefficient (Wildman–Crippen LogP) is 0.415. The Bertz CT molecular complexity index is 203. The highest BCUT2D eigenvalue weighted by Crippen LogP contribution is 2.22. The van der Waals surface area contributed by atoms with Crippen molar-refractivity contribution in [3.05, 3.63) is 0 Å². The van der Waals surface area contributed by atoms with E-state index >= 15 is 0 Å². The maximum absolute atomic E-state index is 9.69. The lowest BCUT2D eigenvalue weighted by Crippen LogP contribution is -2.35. The van der Waals surface area contributed by atoms with Crippen LogP contribution in [0.4, 0.5) is 0 Å². The Morgan fingerprint density at radius 3 is 3.00 bits per heavy atom. The number of nitrogens with one attached hydrogen (secondary N) is 1. The zero-order chi connectivity index (χ0) is 13.2. The smallest absolute Gasteiger partial charge is 0.0897 e. The maximum Gasteiger partial charge on any atom is 0.0897 e. The highest BCUT2D eigenvalue weighted by atomic mass is 16.5. The molecule has 0 aliphatic carbocycles. The summed E-state index contributed by atoms with van der Waals surface area (Å²) in [5.41, 5.74) is 0. The van der Waals surface area contributed by atoms with Crippen molar-refractivity contribution < 1.29 is 19.3 Å². The van der Waals surface area contributed by atoms with E-state index in [1.807, 2.05) is 0 Å². The molecule has 0 radical (unpaired) electrons. The fourth-order valence-electron chi connectivity index (χ4n) is 2.23. The van der Waals surface area contributed by atoms with Crippen molar-refractivity contribution in [1.82, 2.24) is 5.32 Å². The van der Waals surface area contributed by atoms with Gasteiger partial charge in [0.25, 0.3) is 0 Å². The summed E-state index contributed by atoms with van der Waals surface area (Å²) in [5.74, 6) is 0.580. The van der Waals surface area contributed by atoms with Crippen molar-refractivity contribution in [3.8, 4) is 0 Å². The molecule has 0 saturated carbocycles. The molecule has 3 atom stereocenters. The molecule has 0 aromatic carbocycles. The Labute approximate surface area is 110 Å². The van der Waals surface area contributed by atoms with Crippen LogP contribution < -0.4 is 5.32 Å². The Balaban J connectivity index is 1.99. The Morgan fingerprint density at radius 2 is 2.28 bits per heavy atom. The molecule has 0 aromatic heterocycles. The van der Waals surface area contributed by atoms with Gasteiger partial charge in [-0.15, -0.1) is 0 Å². The molecule has 0 spiro atoms. The topological polar surface area (TPSA) is 60.0 Å². The minimum atomic E-state index is -0.454. The van der Waals surface area contributed by atoms with Gasteiger partial charge in [0.15, 0.2) is 0 Å². The van der Waals surface area contributed by atoms with Gasteiger partial charge in [-0.1, -0.05) is 6.92 Å². The molecule has 2 N–H and O–H groups in total. The van der Waals surface area contributed by atoms with E-state index in [0.29, 0.717) is 38.4 Å². The molecule has 5 nitrogen and oxygen atoms in total. The number of methoxy groups -OCH3 is 1. The monoisotopic (exact) mass is 261 g/mol. The first-order chi connectivity index (χ1) is 8.77. The van der Waals surface area contributed by atoms with Gasteiger partial charge in [0.1, 0.15) is 0 Å². The molecule has 1 fully saturated rings. The third-order valence-corrected chi connectivity index (χ3v) is 3.28. The van der Waals surface area contributed by atoms with Crippen molar-refractivity contribution >= 4 is 0 Å². The van der Waals surface area contributed by atoms with E-state index in [2.05, 4.69) is 12.2 Å². The van der Waals surface area contributed by atoms with Crippen LogP contribution in [0.25, 0.3) is 0 Å². The Morgan fingerprint density at radius 1 is 1.44 bits per heavy atom. The van der Waals surface area contributed by atoms with Crippen LogP contribution in [0.15, 0.2) is 0 Å². The summed E-state index contributed by atoms with van der Waals surface area (Å²) in [7, 11) is 1.63. The molecule has 0 amide bonds. The maximum atomic E-state index is 9.69. The number of hydrogen-bond acceptors (Lipinski definition) is 5. The van der Waals surface area contributed by atoms with E-state index in [1.54, 1.807) is 7.11 Å². The Kier molecular flexibility index (Phi) is 8.54.